The molecule has 6 nitrogen and oxygen atoms in total. The molecular formula is C17H23NO5. The van der Waals surface area contributed by atoms with Crippen LogP contribution in [0, 0.1) is 0 Å². The van der Waals surface area contributed by atoms with Crippen molar-refractivity contribution in [2.24, 2.45) is 0 Å². The van der Waals surface area contributed by atoms with Crippen LogP contribution in [0.4, 0.5) is 0 Å². The minimum Gasteiger partial charge on any atom is -0.497 e. The molecule has 1 heterocycles. The predicted molar refractivity (Wildman–Crippen MR) is 84.5 cm³/mol. The molecule has 0 radical (unpaired) electrons. The summed E-state index contributed by atoms with van der Waals surface area (Å²) < 4.78 is 16.0. The van der Waals surface area contributed by atoms with Crippen LogP contribution in [0.25, 0.3) is 0 Å². The van der Waals surface area contributed by atoms with Gasteiger partial charge in [-0.3, -0.25) is 9.59 Å². The first kappa shape index (κ1) is 17.4. The van der Waals surface area contributed by atoms with E-state index in [2.05, 4.69) is 5.32 Å². The van der Waals surface area contributed by atoms with Crippen LogP contribution in [0.15, 0.2) is 24.3 Å². The molecule has 1 saturated heterocycles. The van der Waals surface area contributed by atoms with Gasteiger partial charge in [-0.25, -0.2) is 0 Å². The fourth-order valence-electron chi connectivity index (χ4n) is 2.37. The average Bonchev–Trinajstić information content (AvgIpc) is 2.99. The summed E-state index contributed by atoms with van der Waals surface area (Å²) in [4.78, 5) is 23.8. The summed E-state index contributed by atoms with van der Waals surface area (Å²) in [5, 5.41) is 2.79. The zero-order chi connectivity index (χ0) is 16.7. The number of benzene rings is 1. The number of carbonyl (C=O) groups excluding carboxylic acids is 2. The molecule has 0 aliphatic carbocycles. The van der Waals surface area contributed by atoms with Crippen molar-refractivity contribution in [1.82, 2.24) is 5.32 Å². The van der Waals surface area contributed by atoms with Gasteiger partial charge in [0, 0.05) is 31.4 Å². The minimum atomic E-state index is -0.605. The van der Waals surface area contributed by atoms with Crippen LogP contribution in [0.2, 0.25) is 0 Å². The molecule has 0 bridgehead atoms. The molecule has 0 aromatic heterocycles. The zero-order valence-electron chi connectivity index (χ0n) is 13.6. The van der Waals surface area contributed by atoms with Gasteiger partial charge in [-0.05, 0) is 31.2 Å². The van der Waals surface area contributed by atoms with E-state index in [0.717, 1.165) is 0 Å². The Morgan fingerprint density at radius 2 is 1.83 bits per heavy atom. The standard InChI is InChI=1S/C17H23NO5/c1-17(22-11-12-23-17)9-10-18-16(20)8-7-15(19)13-3-5-14(21-2)6-4-13/h3-6H,7-12H2,1-2H3,(H,18,20). The van der Waals surface area contributed by atoms with Gasteiger partial charge in [-0.2, -0.15) is 0 Å². The van der Waals surface area contributed by atoms with Crippen molar-refractivity contribution in [2.75, 3.05) is 26.9 Å². The van der Waals surface area contributed by atoms with E-state index in [1.54, 1.807) is 31.4 Å². The van der Waals surface area contributed by atoms with E-state index in [1.165, 1.54) is 0 Å². The summed E-state index contributed by atoms with van der Waals surface area (Å²) in [5.74, 6) is -0.110. The lowest BCUT2D eigenvalue weighted by Crippen LogP contribution is -2.33. The Kier molecular flexibility index (Phi) is 6.12. The quantitative estimate of drug-likeness (QED) is 0.741. The van der Waals surface area contributed by atoms with Crippen molar-refractivity contribution in [3.05, 3.63) is 29.8 Å². The first-order chi connectivity index (χ1) is 11.0. The van der Waals surface area contributed by atoms with Crippen LogP contribution in [0.1, 0.15) is 36.5 Å². The van der Waals surface area contributed by atoms with Crippen LogP contribution in [0.3, 0.4) is 0 Å². The molecule has 6 heteroatoms. The van der Waals surface area contributed by atoms with Gasteiger partial charge >= 0.3 is 0 Å². The third-order valence-electron chi connectivity index (χ3n) is 3.79. The van der Waals surface area contributed by atoms with E-state index < -0.39 is 5.79 Å². The second-order valence-corrected chi connectivity index (χ2v) is 5.58. The van der Waals surface area contributed by atoms with E-state index in [1.807, 2.05) is 6.92 Å². The normalized spacial score (nSPS) is 16.1. The Labute approximate surface area is 136 Å². The Hall–Kier alpha value is -1.92. The smallest absolute Gasteiger partial charge is 0.220 e. The van der Waals surface area contributed by atoms with Crippen molar-refractivity contribution < 1.29 is 23.8 Å². The van der Waals surface area contributed by atoms with E-state index in [9.17, 15) is 9.59 Å². The SMILES string of the molecule is COc1ccc(C(=O)CCC(=O)NCCC2(C)OCCO2)cc1. The van der Waals surface area contributed by atoms with Gasteiger partial charge in [0.15, 0.2) is 11.6 Å². The minimum absolute atomic E-state index is 0.0581. The molecule has 1 aliphatic heterocycles. The van der Waals surface area contributed by atoms with Crippen molar-refractivity contribution in [2.45, 2.75) is 32.0 Å². The van der Waals surface area contributed by atoms with Gasteiger partial charge in [0.25, 0.3) is 0 Å². The molecule has 126 valence electrons. The lowest BCUT2D eigenvalue weighted by Gasteiger charge is -2.22. The maximum absolute atomic E-state index is 12.0. The molecule has 1 aliphatic rings. The van der Waals surface area contributed by atoms with Crippen LogP contribution >= 0.6 is 0 Å². The number of Topliss-reactive ketones (excluding diaryl/α,β-unsaturated/α-hetero) is 1. The summed E-state index contributed by atoms with van der Waals surface area (Å²) >= 11 is 0. The van der Waals surface area contributed by atoms with Gasteiger partial charge in [0.05, 0.1) is 20.3 Å². The number of rotatable bonds is 8. The van der Waals surface area contributed by atoms with Gasteiger partial charge in [0.2, 0.25) is 5.91 Å². The predicted octanol–water partition coefficient (Wildman–Crippen LogP) is 1.93. The summed E-state index contributed by atoms with van der Waals surface area (Å²) in [5.41, 5.74) is 0.582. The largest absolute Gasteiger partial charge is 0.497 e. The van der Waals surface area contributed by atoms with Crippen molar-refractivity contribution >= 4 is 11.7 Å². The maximum atomic E-state index is 12.0. The molecule has 2 rings (SSSR count). The summed E-state index contributed by atoms with van der Waals surface area (Å²) in [6, 6.07) is 6.87. The third kappa shape index (κ3) is 5.33. The van der Waals surface area contributed by atoms with Gasteiger partial charge in [-0.1, -0.05) is 0 Å². The van der Waals surface area contributed by atoms with Crippen LogP contribution in [-0.2, 0) is 14.3 Å². The van der Waals surface area contributed by atoms with Gasteiger partial charge in [-0.15, -0.1) is 0 Å². The fourth-order valence-corrected chi connectivity index (χ4v) is 2.37. The van der Waals surface area contributed by atoms with Crippen molar-refractivity contribution in [1.29, 1.82) is 0 Å². The van der Waals surface area contributed by atoms with Gasteiger partial charge < -0.3 is 19.5 Å². The highest BCUT2D eigenvalue weighted by Crippen LogP contribution is 2.21. The monoisotopic (exact) mass is 321 g/mol. The van der Waals surface area contributed by atoms with Crippen LogP contribution in [0.5, 0.6) is 5.75 Å². The number of ketones is 1. The molecule has 0 saturated carbocycles. The number of carbonyl (C=O) groups is 2. The highest BCUT2D eigenvalue weighted by atomic mass is 16.7. The number of hydrogen-bond donors (Lipinski definition) is 1. The van der Waals surface area contributed by atoms with Gasteiger partial charge in [0.1, 0.15) is 5.75 Å². The first-order valence-corrected chi connectivity index (χ1v) is 7.74. The first-order valence-electron chi connectivity index (χ1n) is 7.74. The number of nitrogens with one attached hydrogen (secondary N) is 1. The molecule has 0 spiro atoms. The highest BCUT2D eigenvalue weighted by Gasteiger charge is 2.30. The molecule has 1 N–H and O–H groups in total. The maximum Gasteiger partial charge on any atom is 0.220 e. The Morgan fingerprint density at radius 1 is 1.17 bits per heavy atom. The molecule has 0 unspecified atom stereocenters. The molecular weight excluding hydrogens is 298 g/mol. The summed E-state index contributed by atoms with van der Waals surface area (Å²) in [6.07, 6.45) is 0.941. The molecule has 1 fully saturated rings. The molecule has 1 amide bonds. The highest BCUT2D eigenvalue weighted by molar-refractivity contribution is 5.98. The topological polar surface area (TPSA) is 73.9 Å². The number of ether oxygens (including phenoxy) is 3. The molecule has 1 aromatic carbocycles. The van der Waals surface area contributed by atoms with Crippen molar-refractivity contribution in [3.63, 3.8) is 0 Å². The summed E-state index contributed by atoms with van der Waals surface area (Å²) in [7, 11) is 1.57. The lowest BCUT2D eigenvalue weighted by molar-refractivity contribution is -0.146. The van der Waals surface area contributed by atoms with E-state index >= 15 is 0 Å². The number of hydrogen-bond acceptors (Lipinski definition) is 5. The summed E-state index contributed by atoms with van der Waals surface area (Å²) in [6.45, 7) is 3.49. The lowest BCUT2D eigenvalue weighted by atomic mass is 10.1. The molecule has 1 aromatic rings. The number of methoxy groups -OCH3 is 1. The Bertz CT molecular complexity index is 534. The average molecular weight is 321 g/mol. The fraction of sp³-hybridized carbons (Fsp3) is 0.529. The van der Waals surface area contributed by atoms with Crippen molar-refractivity contribution in [3.8, 4) is 5.75 Å². The van der Waals surface area contributed by atoms with E-state index in [-0.39, 0.29) is 24.5 Å². The number of amides is 1. The second-order valence-electron chi connectivity index (χ2n) is 5.58. The van der Waals surface area contributed by atoms with E-state index in [0.29, 0.717) is 37.5 Å². The molecule has 0 atom stereocenters. The molecule has 23 heavy (non-hydrogen) atoms. The van der Waals surface area contributed by atoms with Crippen LogP contribution < -0.4 is 10.1 Å². The Morgan fingerprint density at radius 3 is 2.43 bits per heavy atom. The van der Waals surface area contributed by atoms with E-state index in [4.69, 9.17) is 14.2 Å². The third-order valence-corrected chi connectivity index (χ3v) is 3.79. The Balaban J connectivity index is 1.67. The van der Waals surface area contributed by atoms with Crippen LogP contribution in [-0.4, -0.2) is 44.3 Å². The second kappa shape index (κ2) is 8.08. The zero-order valence-corrected chi connectivity index (χ0v) is 13.6.